The van der Waals surface area contributed by atoms with E-state index in [0.29, 0.717) is 4.57 Å². The Morgan fingerprint density at radius 3 is 2.28 bits per heavy atom. The van der Waals surface area contributed by atoms with Crippen LogP contribution in [0.25, 0.3) is 0 Å². The van der Waals surface area contributed by atoms with Crippen LogP contribution in [-0.4, -0.2) is 59.5 Å². The molecule has 0 radical (unpaired) electrons. The molecule has 0 saturated heterocycles. The summed E-state index contributed by atoms with van der Waals surface area (Å²) in [5, 5.41) is 9.35. The predicted octanol–water partition coefficient (Wildman–Crippen LogP) is -0.687. The third kappa shape index (κ3) is 8.41. The number of phosphoric ester groups is 1. The number of halogens is 2. The van der Waals surface area contributed by atoms with Crippen LogP contribution in [0.1, 0.15) is 6.23 Å². The first-order valence-electron chi connectivity index (χ1n) is 7.62. The molecule has 0 amide bonds. The molecule has 0 saturated carbocycles. The van der Waals surface area contributed by atoms with Crippen molar-refractivity contribution in [1.29, 1.82) is 0 Å². The van der Waals surface area contributed by atoms with Gasteiger partial charge in [-0.05, 0) is 6.07 Å². The van der Waals surface area contributed by atoms with Crippen LogP contribution in [0.15, 0.2) is 17.1 Å². The van der Waals surface area contributed by atoms with Crippen LogP contribution in [0.4, 0.5) is 14.6 Å². The fraction of sp³-hybridized carbons (Fsp3) is 0.455. The minimum atomic E-state index is -5.92. The molecule has 1 aromatic rings. The molecule has 0 fully saturated rings. The first-order valence-corrected chi connectivity index (χ1v) is 12.1. The van der Waals surface area contributed by atoms with Crippen LogP contribution in [0, 0.1) is 12.3 Å². The molecule has 32 heavy (non-hydrogen) atoms. The van der Waals surface area contributed by atoms with E-state index in [-0.39, 0.29) is 5.82 Å². The maximum atomic E-state index is 13.9. The van der Waals surface area contributed by atoms with E-state index >= 15 is 0 Å². The molecule has 0 bridgehead atoms. The monoisotopic (exact) mass is 529 g/mol. The molecule has 0 aliphatic carbocycles. The number of aliphatic hydroxyl groups excluding tert-OH is 1. The summed E-state index contributed by atoms with van der Waals surface area (Å²) < 4.78 is 77.3. The van der Waals surface area contributed by atoms with Crippen LogP contribution >= 0.6 is 23.5 Å². The van der Waals surface area contributed by atoms with E-state index in [0.717, 1.165) is 12.3 Å². The van der Waals surface area contributed by atoms with Crippen molar-refractivity contribution in [3.05, 3.63) is 22.7 Å². The lowest BCUT2D eigenvalue weighted by Gasteiger charge is -2.32. The number of nitrogens with two attached hydrogens (primary N) is 1. The van der Waals surface area contributed by atoms with Crippen molar-refractivity contribution in [2.24, 2.45) is 0 Å². The maximum absolute atomic E-state index is 13.9. The number of anilines is 1. The molecule has 7 N–H and O–H groups in total. The van der Waals surface area contributed by atoms with Crippen LogP contribution < -0.4 is 11.4 Å². The zero-order chi connectivity index (χ0) is 25.0. The van der Waals surface area contributed by atoms with Gasteiger partial charge in [0.2, 0.25) is 12.0 Å². The molecular weight excluding hydrogens is 513 g/mol. The number of aromatic nitrogens is 2. The van der Waals surface area contributed by atoms with Crippen molar-refractivity contribution < 1.29 is 65.0 Å². The lowest BCUT2D eigenvalue weighted by atomic mass is 10.1. The van der Waals surface area contributed by atoms with Gasteiger partial charge in [0.25, 0.3) is 0 Å². The summed E-state index contributed by atoms with van der Waals surface area (Å²) in [6.07, 6.45) is 0.558. The number of aliphatic hydroxyl groups is 1. The molecule has 0 aliphatic rings. The van der Waals surface area contributed by atoms with Crippen LogP contribution in [-0.2, 0) is 31.6 Å². The van der Waals surface area contributed by atoms with Gasteiger partial charge in [-0.2, -0.15) is 13.6 Å². The standard InChI is InChI=1S/C11H16F2N3O13P3/c1-2-11(9(13)17,27-8(5-12)16-4-3-7(14)15-10(16)18)6-26-31(22,23)29-32(24,25)28-30(19,20)21/h1,3-4,8-9,17H,5-6H2,(H,22,23)(H,24,25)(H2,14,15,18)(H2,19,20,21)/t8-,9-,11-/m1/s1. The molecule has 1 rings (SSSR count). The Kier molecular flexibility index (Phi) is 9.41. The van der Waals surface area contributed by atoms with Crippen LogP contribution in [0.5, 0.6) is 0 Å². The zero-order valence-corrected chi connectivity index (χ0v) is 18.1. The third-order valence-corrected chi connectivity index (χ3v) is 6.91. The highest BCUT2D eigenvalue weighted by Crippen LogP contribution is 2.66. The molecule has 182 valence electrons. The minimum absolute atomic E-state index is 0.273. The highest BCUT2D eigenvalue weighted by Gasteiger charge is 2.46. The summed E-state index contributed by atoms with van der Waals surface area (Å²) in [5.41, 5.74) is 0.952. The summed E-state index contributed by atoms with van der Waals surface area (Å²) in [6.45, 7) is -3.27. The molecule has 21 heteroatoms. The van der Waals surface area contributed by atoms with E-state index in [2.05, 4.69) is 18.1 Å². The number of nitrogen functional groups attached to an aromatic ring is 1. The SMILES string of the molecule is C#C[C@](COP(=O)(O)OP(=O)(O)OP(=O)(O)O)(O[C@H](CF)n1ccc(N)nc1=O)[C@@H](O)F. The summed E-state index contributed by atoms with van der Waals surface area (Å²) in [6, 6.07) is 1.02. The number of hydrogen-bond acceptors (Lipinski definition) is 11. The average Bonchev–Trinajstić information content (AvgIpc) is 2.59. The molecule has 1 aromatic heterocycles. The summed E-state index contributed by atoms with van der Waals surface area (Å²) in [5.74, 6) is 1.21. The van der Waals surface area contributed by atoms with Gasteiger partial charge >= 0.3 is 29.2 Å². The second kappa shape index (κ2) is 10.6. The fourth-order valence-corrected chi connectivity index (χ4v) is 4.88. The molecule has 0 spiro atoms. The lowest BCUT2D eigenvalue weighted by Crippen LogP contribution is -2.48. The van der Waals surface area contributed by atoms with E-state index in [9.17, 15) is 37.3 Å². The van der Waals surface area contributed by atoms with E-state index in [4.69, 9.17) is 31.6 Å². The van der Waals surface area contributed by atoms with Crippen molar-refractivity contribution in [3.8, 4) is 12.3 Å². The Labute approximate surface area is 177 Å². The van der Waals surface area contributed by atoms with Crippen molar-refractivity contribution in [2.45, 2.75) is 18.2 Å². The Bertz CT molecular complexity index is 1060. The number of hydrogen-bond donors (Lipinski definition) is 6. The Morgan fingerprint density at radius 1 is 1.25 bits per heavy atom. The van der Waals surface area contributed by atoms with Crippen molar-refractivity contribution in [1.82, 2.24) is 9.55 Å². The quantitative estimate of drug-likeness (QED) is 0.145. The topological polar surface area (TPSA) is 250 Å². The van der Waals surface area contributed by atoms with E-state index in [1.165, 1.54) is 5.92 Å². The number of phosphoric acid groups is 3. The van der Waals surface area contributed by atoms with Crippen molar-refractivity contribution in [2.75, 3.05) is 19.0 Å². The van der Waals surface area contributed by atoms with Gasteiger partial charge < -0.3 is 35.2 Å². The van der Waals surface area contributed by atoms with Gasteiger partial charge in [-0.25, -0.2) is 27.3 Å². The van der Waals surface area contributed by atoms with E-state index in [1.54, 1.807) is 0 Å². The van der Waals surface area contributed by atoms with Gasteiger partial charge in [-0.1, -0.05) is 5.92 Å². The number of nitrogens with zero attached hydrogens (tertiary/aromatic N) is 2. The molecule has 16 nitrogen and oxygen atoms in total. The highest BCUT2D eigenvalue weighted by atomic mass is 31.3. The molecular formula is C11H16F2N3O13P3. The van der Waals surface area contributed by atoms with Gasteiger partial charge in [0.05, 0.1) is 0 Å². The first-order chi connectivity index (χ1) is 14.5. The largest absolute Gasteiger partial charge is 0.490 e. The molecule has 1 heterocycles. The Hall–Kier alpha value is -1.57. The number of rotatable bonds is 12. The predicted molar refractivity (Wildman–Crippen MR) is 97.5 cm³/mol. The third-order valence-electron chi connectivity index (χ3n) is 3.13. The highest BCUT2D eigenvalue weighted by molar-refractivity contribution is 7.66. The summed E-state index contributed by atoms with van der Waals surface area (Å²) >= 11 is 0. The van der Waals surface area contributed by atoms with Gasteiger partial charge in [0.1, 0.15) is 19.1 Å². The maximum Gasteiger partial charge on any atom is 0.490 e. The van der Waals surface area contributed by atoms with Crippen molar-refractivity contribution in [3.63, 3.8) is 0 Å². The average molecular weight is 529 g/mol. The minimum Gasteiger partial charge on any atom is -0.383 e. The normalized spacial score (nSPS) is 19.7. The number of ether oxygens (including phenoxy) is 1. The Morgan fingerprint density at radius 2 is 1.84 bits per heavy atom. The second-order valence-corrected chi connectivity index (χ2v) is 9.92. The Balaban J connectivity index is 3.13. The van der Waals surface area contributed by atoms with Gasteiger partial charge in [0, 0.05) is 6.20 Å². The number of terminal acetylenes is 1. The fourth-order valence-electron chi connectivity index (χ4n) is 1.83. The van der Waals surface area contributed by atoms with Gasteiger partial charge in [0.15, 0.2) is 6.23 Å². The van der Waals surface area contributed by atoms with Crippen LogP contribution in [0.3, 0.4) is 0 Å². The van der Waals surface area contributed by atoms with E-state index < -0.39 is 60.6 Å². The first kappa shape index (κ1) is 28.5. The summed E-state index contributed by atoms with van der Waals surface area (Å²) in [7, 11) is -17.4. The smallest absolute Gasteiger partial charge is 0.383 e. The van der Waals surface area contributed by atoms with Gasteiger partial charge in [-0.15, -0.1) is 6.42 Å². The molecule has 5 atom stereocenters. The van der Waals surface area contributed by atoms with Gasteiger partial charge in [-0.3, -0.25) is 9.09 Å². The molecule has 0 aliphatic heterocycles. The molecule has 0 aromatic carbocycles. The van der Waals surface area contributed by atoms with Crippen LogP contribution in [0.2, 0.25) is 0 Å². The van der Waals surface area contributed by atoms with Crippen molar-refractivity contribution >= 4 is 29.3 Å². The molecule has 2 unspecified atom stereocenters. The second-order valence-electron chi connectivity index (χ2n) is 5.50. The zero-order valence-electron chi connectivity index (χ0n) is 15.4. The lowest BCUT2D eigenvalue weighted by molar-refractivity contribution is -0.201. The van der Waals surface area contributed by atoms with E-state index in [1.807, 2.05) is 0 Å². The number of alkyl halides is 2. The summed E-state index contributed by atoms with van der Waals surface area (Å²) in [4.78, 5) is 50.5.